The van der Waals surface area contributed by atoms with Gasteiger partial charge in [-0.15, -0.1) is 0 Å². The van der Waals surface area contributed by atoms with Crippen molar-refractivity contribution in [1.29, 1.82) is 0 Å². The molecule has 2 saturated heterocycles. The minimum absolute atomic E-state index is 0.264. The first-order valence-electron chi connectivity index (χ1n) is 9.65. The molecule has 2 aliphatic heterocycles. The number of carbonyl (C=O) groups excluding carboxylic acids is 1. The number of carbonyl (C=O) groups is 1. The standard InChI is InChI=1S/C21H32N2O3/c1-22-14-18(15-25-2)21(16-22)10-12-23(13-11-21)20(24)9-8-17-6-4-5-7-19(17)26-3/h4-7,18H,8-16H2,1-3H3. The largest absolute Gasteiger partial charge is 0.496 e. The second-order valence-corrected chi connectivity index (χ2v) is 7.90. The number of methoxy groups -OCH3 is 2. The molecule has 5 nitrogen and oxygen atoms in total. The van der Waals surface area contributed by atoms with Crippen LogP contribution in [0.25, 0.3) is 0 Å². The van der Waals surface area contributed by atoms with Gasteiger partial charge < -0.3 is 19.3 Å². The topological polar surface area (TPSA) is 42.0 Å². The number of ether oxygens (including phenoxy) is 2. The van der Waals surface area contributed by atoms with Crippen molar-refractivity contribution in [2.45, 2.75) is 25.7 Å². The third-order valence-corrected chi connectivity index (χ3v) is 6.26. The fourth-order valence-corrected chi connectivity index (χ4v) is 4.81. The van der Waals surface area contributed by atoms with E-state index in [1.807, 2.05) is 24.3 Å². The Kier molecular flexibility index (Phi) is 6.20. The van der Waals surface area contributed by atoms with Gasteiger partial charge in [0.1, 0.15) is 5.75 Å². The zero-order chi connectivity index (χ0) is 18.6. The Balaban J connectivity index is 1.53. The highest BCUT2D eigenvalue weighted by molar-refractivity contribution is 5.76. The normalized spacial score (nSPS) is 22.7. The van der Waals surface area contributed by atoms with Crippen LogP contribution < -0.4 is 4.74 Å². The van der Waals surface area contributed by atoms with E-state index in [9.17, 15) is 4.79 Å². The number of hydrogen-bond acceptors (Lipinski definition) is 4. The Labute approximate surface area is 157 Å². The lowest BCUT2D eigenvalue weighted by molar-refractivity contribution is -0.134. The first-order chi connectivity index (χ1) is 12.6. The van der Waals surface area contributed by atoms with E-state index in [0.717, 1.165) is 63.4 Å². The summed E-state index contributed by atoms with van der Waals surface area (Å²) in [5, 5.41) is 0. The lowest BCUT2D eigenvalue weighted by atomic mass is 9.71. The van der Waals surface area contributed by atoms with Crippen LogP contribution in [-0.4, -0.2) is 69.8 Å². The molecule has 1 spiro atoms. The predicted octanol–water partition coefficient (Wildman–Crippen LogP) is 2.44. The summed E-state index contributed by atoms with van der Waals surface area (Å²) in [6.07, 6.45) is 3.46. The minimum atomic E-state index is 0.264. The number of piperidine rings is 1. The predicted molar refractivity (Wildman–Crippen MR) is 102 cm³/mol. The Morgan fingerprint density at radius 3 is 2.65 bits per heavy atom. The maximum absolute atomic E-state index is 12.7. The monoisotopic (exact) mass is 360 g/mol. The van der Waals surface area contributed by atoms with Crippen LogP contribution >= 0.6 is 0 Å². The summed E-state index contributed by atoms with van der Waals surface area (Å²) in [5.41, 5.74) is 1.43. The van der Waals surface area contributed by atoms with Gasteiger partial charge in [-0.2, -0.15) is 0 Å². The molecule has 1 aromatic carbocycles. The van der Waals surface area contributed by atoms with Crippen LogP contribution in [0.15, 0.2) is 24.3 Å². The number of amides is 1. The molecule has 2 fully saturated rings. The van der Waals surface area contributed by atoms with Crippen LogP contribution in [0.4, 0.5) is 0 Å². The number of benzene rings is 1. The van der Waals surface area contributed by atoms with Gasteiger partial charge in [0, 0.05) is 45.6 Å². The number of nitrogens with zero attached hydrogens (tertiary/aromatic N) is 2. The first-order valence-corrected chi connectivity index (χ1v) is 9.65. The summed E-state index contributed by atoms with van der Waals surface area (Å²) in [6, 6.07) is 7.96. The van der Waals surface area contributed by atoms with Crippen molar-refractivity contribution >= 4 is 5.91 Å². The molecule has 0 aliphatic carbocycles. The number of rotatable bonds is 6. The maximum Gasteiger partial charge on any atom is 0.222 e. The molecule has 26 heavy (non-hydrogen) atoms. The molecular formula is C21H32N2O3. The summed E-state index contributed by atoms with van der Waals surface area (Å²) < 4.78 is 10.9. The van der Waals surface area contributed by atoms with Gasteiger partial charge in [-0.3, -0.25) is 4.79 Å². The van der Waals surface area contributed by atoms with Crippen LogP contribution in [-0.2, 0) is 16.0 Å². The van der Waals surface area contributed by atoms with Crippen LogP contribution in [0, 0.1) is 11.3 Å². The third-order valence-electron chi connectivity index (χ3n) is 6.26. The van der Waals surface area contributed by atoms with Gasteiger partial charge in [0.2, 0.25) is 5.91 Å². The summed E-state index contributed by atoms with van der Waals surface area (Å²) in [5.74, 6) is 1.72. The number of aryl methyl sites for hydroxylation is 1. The van der Waals surface area contributed by atoms with E-state index in [2.05, 4.69) is 16.8 Å². The minimum Gasteiger partial charge on any atom is -0.496 e. The molecule has 0 aromatic heterocycles. The number of para-hydroxylation sites is 1. The van der Waals surface area contributed by atoms with E-state index < -0.39 is 0 Å². The van der Waals surface area contributed by atoms with Crippen molar-refractivity contribution in [2.24, 2.45) is 11.3 Å². The van der Waals surface area contributed by atoms with E-state index in [4.69, 9.17) is 9.47 Å². The second-order valence-electron chi connectivity index (χ2n) is 7.90. The molecule has 2 aliphatic rings. The maximum atomic E-state index is 12.7. The molecular weight excluding hydrogens is 328 g/mol. The van der Waals surface area contributed by atoms with Crippen molar-refractivity contribution in [3.05, 3.63) is 29.8 Å². The summed E-state index contributed by atoms with van der Waals surface area (Å²) >= 11 is 0. The molecule has 1 atom stereocenters. The lowest BCUT2D eigenvalue weighted by Gasteiger charge is -2.42. The van der Waals surface area contributed by atoms with Gasteiger partial charge in [-0.05, 0) is 43.4 Å². The molecule has 0 N–H and O–H groups in total. The van der Waals surface area contributed by atoms with E-state index in [0.29, 0.717) is 17.8 Å². The summed E-state index contributed by atoms with van der Waals surface area (Å²) in [4.78, 5) is 17.2. The van der Waals surface area contributed by atoms with E-state index in [-0.39, 0.29) is 5.91 Å². The third kappa shape index (κ3) is 4.04. The highest BCUT2D eigenvalue weighted by atomic mass is 16.5. The Morgan fingerprint density at radius 1 is 1.23 bits per heavy atom. The van der Waals surface area contributed by atoms with Crippen molar-refractivity contribution in [3.8, 4) is 5.75 Å². The van der Waals surface area contributed by atoms with Crippen molar-refractivity contribution in [2.75, 3.05) is 54.1 Å². The van der Waals surface area contributed by atoms with Gasteiger partial charge in [-0.25, -0.2) is 0 Å². The highest BCUT2D eigenvalue weighted by Crippen LogP contribution is 2.44. The fourth-order valence-electron chi connectivity index (χ4n) is 4.81. The zero-order valence-electron chi connectivity index (χ0n) is 16.4. The molecule has 2 heterocycles. The fraction of sp³-hybridized carbons (Fsp3) is 0.667. The molecule has 5 heteroatoms. The van der Waals surface area contributed by atoms with Gasteiger partial charge in [0.25, 0.3) is 0 Å². The molecule has 0 bridgehead atoms. The molecule has 0 saturated carbocycles. The molecule has 1 amide bonds. The Morgan fingerprint density at radius 2 is 1.96 bits per heavy atom. The van der Waals surface area contributed by atoms with E-state index in [1.165, 1.54) is 0 Å². The first kappa shape index (κ1) is 19.2. The van der Waals surface area contributed by atoms with Gasteiger partial charge in [0.05, 0.1) is 13.7 Å². The SMILES string of the molecule is COCC1CN(C)CC12CCN(C(=O)CCc1ccccc1OC)CC2. The van der Waals surface area contributed by atoms with E-state index in [1.54, 1.807) is 14.2 Å². The Hall–Kier alpha value is -1.59. The van der Waals surface area contributed by atoms with Crippen molar-refractivity contribution in [1.82, 2.24) is 9.80 Å². The van der Waals surface area contributed by atoms with Crippen LogP contribution in [0.2, 0.25) is 0 Å². The Bertz CT molecular complexity index is 611. The number of likely N-dealkylation sites (tertiary alicyclic amines) is 2. The smallest absolute Gasteiger partial charge is 0.222 e. The molecule has 1 unspecified atom stereocenters. The molecule has 3 rings (SSSR count). The van der Waals surface area contributed by atoms with Gasteiger partial charge >= 0.3 is 0 Å². The van der Waals surface area contributed by atoms with Crippen molar-refractivity contribution < 1.29 is 14.3 Å². The van der Waals surface area contributed by atoms with Gasteiger partial charge in [0.15, 0.2) is 0 Å². The average Bonchev–Trinajstić information content (AvgIpc) is 2.95. The quantitative estimate of drug-likeness (QED) is 0.781. The highest BCUT2D eigenvalue weighted by Gasteiger charge is 2.47. The molecule has 1 aromatic rings. The van der Waals surface area contributed by atoms with Crippen molar-refractivity contribution in [3.63, 3.8) is 0 Å². The number of hydrogen-bond donors (Lipinski definition) is 0. The van der Waals surface area contributed by atoms with E-state index >= 15 is 0 Å². The zero-order valence-corrected chi connectivity index (χ0v) is 16.4. The lowest BCUT2D eigenvalue weighted by Crippen LogP contribution is -2.47. The van der Waals surface area contributed by atoms with Gasteiger partial charge in [-0.1, -0.05) is 18.2 Å². The average molecular weight is 360 g/mol. The molecule has 144 valence electrons. The van der Waals surface area contributed by atoms with Crippen LogP contribution in [0.3, 0.4) is 0 Å². The van der Waals surface area contributed by atoms with Crippen LogP contribution in [0.5, 0.6) is 5.75 Å². The molecule has 0 radical (unpaired) electrons. The van der Waals surface area contributed by atoms with Crippen LogP contribution in [0.1, 0.15) is 24.8 Å². The summed E-state index contributed by atoms with van der Waals surface area (Å²) in [6.45, 7) is 4.81. The second kappa shape index (κ2) is 8.40. The summed E-state index contributed by atoms with van der Waals surface area (Å²) in [7, 11) is 5.67.